The summed E-state index contributed by atoms with van der Waals surface area (Å²) in [6.45, 7) is 4.31. The molecular weight excluding hydrogens is 302 g/mol. The van der Waals surface area contributed by atoms with Crippen molar-refractivity contribution in [3.63, 3.8) is 0 Å². The first-order valence-corrected chi connectivity index (χ1v) is 8.98. The van der Waals surface area contributed by atoms with Gasteiger partial charge in [-0.3, -0.25) is 4.79 Å². The zero-order valence-electron chi connectivity index (χ0n) is 14.7. The van der Waals surface area contributed by atoms with Crippen molar-refractivity contribution in [2.24, 2.45) is 0 Å². The van der Waals surface area contributed by atoms with Crippen LogP contribution in [0.25, 0.3) is 11.0 Å². The Labute approximate surface area is 143 Å². The van der Waals surface area contributed by atoms with Crippen LogP contribution in [0, 0.1) is 0 Å². The molecule has 1 aliphatic heterocycles. The number of benzene rings is 1. The Bertz CT molecular complexity index is 689. The quantitative estimate of drug-likeness (QED) is 0.818. The fourth-order valence-electron chi connectivity index (χ4n) is 3.40. The number of para-hydroxylation sites is 2. The van der Waals surface area contributed by atoms with Gasteiger partial charge < -0.3 is 14.2 Å². The van der Waals surface area contributed by atoms with Crippen molar-refractivity contribution >= 4 is 16.9 Å². The third-order valence-corrected chi connectivity index (χ3v) is 4.78. The largest absolute Gasteiger partial charge is 0.376 e. The van der Waals surface area contributed by atoms with Gasteiger partial charge in [0.15, 0.2) is 0 Å². The Balaban J connectivity index is 1.61. The van der Waals surface area contributed by atoms with Gasteiger partial charge in [-0.2, -0.15) is 0 Å². The molecule has 3 rings (SSSR count). The van der Waals surface area contributed by atoms with Crippen LogP contribution in [0.15, 0.2) is 24.3 Å². The van der Waals surface area contributed by atoms with Crippen LogP contribution >= 0.6 is 0 Å². The van der Waals surface area contributed by atoms with Gasteiger partial charge in [0.1, 0.15) is 5.82 Å². The Morgan fingerprint density at radius 2 is 2.21 bits per heavy atom. The highest BCUT2D eigenvalue weighted by molar-refractivity contribution is 5.78. The third-order valence-electron chi connectivity index (χ3n) is 4.78. The number of hydrogen-bond donors (Lipinski definition) is 0. The van der Waals surface area contributed by atoms with Crippen LogP contribution in [-0.2, 0) is 22.5 Å². The van der Waals surface area contributed by atoms with Gasteiger partial charge in [0.25, 0.3) is 0 Å². The Morgan fingerprint density at radius 1 is 1.38 bits per heavy atom. The van der Waals surface area contributed by atoms with Gasteiger partial charge in [-0.05, 0) is 31.4 Å². The molecule has 1 aromatic heterocycles. The second-order valence-electron chi connectivity index (χ2n) is 6.53. The summed E-state index contributed by atoms with van der Waals surface area (Å²) >= 11 is 0. The summed E-state index contributed by atoms with van der Waals surface area (Å²) < 4.78 is 7.91. The predicted molar refractivity (Wildman–Crippen MR) is 95.0 cm³/mol. The molecule has 130 valence electrons. The molecule has 5 heteroatoms. The minimum atomic E-state index is 0.170. The molecule has 0 bridgehead atoms. The van der Waals surface area contributed by atoms with Crippen LogP contribution in [0.1, 0.15) is 38.4 Å². The molecule has 1 aliphatic rings. The van der Waals surface area contributed by atoms with Crippen molar-refractivity contribution in [2.45, 2.75) is 51.7 Å². The molecule has 1 aromatic carbocycles. The average Bonchev–Trinajstić information content (AvgIpc) is 2.98. The number of aromatic nitrogens is 2. The van der Waals surface area contributed by atoms with Crippen LogP contribution in [0.3, 0.4) is 0 Å². The number of carbonyl (C=O) groups excluding carboxylic acids is 1. The molecule has 1 fully saturated rings. The third kappa shape index (κ3) is 3.78. The van der Waals surface area contributed by atoms with Crippen molar-refractivity contribution < 1.29 is 9.53 Å². The van der Waals surface area contributed by atoms with Crippen molar-refractivity contribution in [1.29, 1.82) is 0 Å². The van der Waals surface area contributed by atoms with Gasteiger partial charge in [-0.15, -0.1) is 0 Å². The lowest BCUT2D eigenvalue weighted by atomic mass is 10.1. The zero-order chi connectivity index (χ0) is 16.9. The maximum atomic E-state index is 12.5. The lowest BCUT2D eigenvalue weighted by Crippen LogP contribution is -2.37. The minimum absolute atomic E-state index is 0.170. The number of fused-ring (bicyclic) bond motifs is 1. The molecule has 0 saturated carbocycles. The SMILES string of the molecule is CCc1nc2ccccc2n1CCC(=O)N(C)C[C@H]1CCCCO1. The number of imidazole rings is 1. The molecule has 24 heavy (non-hydrogen) atoms. The lowest BCUT2D eigenvalue weighted by molar-refractivity contribution is -0.132. The van der Waals surface area contributed by atoms with Crippen molar-refractivity contribution in [2.75, 3.05) is 20.2 Å². The maximum absolute atomic E-state index is 12.5. The normalized spacial score (nSPS) is 18.0. The van der Waals surface area contributed by atoms with Crippen LogP contribution < -0.4 is 0 Å². The molecule has 1 saturated heterocycles. The molecule has 0 spiro atoms. The fourth-order valence-corrected chi connectivity index (χ4v) is 3.40. The zero-order valence-corrected chi connectivity index (χ0v) is 14.7. The predicted octanol–water partition coefficient (Wildman–Crippen LogP) is 3.02. The molecule has 2 heterocycles. The van der Waals surface area contributed by atoms with Crippen LogP contribution in [0.4, 0.5) is 0 Å². The molecule has 0 aliphatic carbocycles. The Hall–Kier alpha value is -1.88. The summed E-state index contributed by atoms with van der Waals surface area (Å²) in [6.07, 6.45) is 4.97. The molecule has 0 radical (unpaired) electrons. The van der Waals surface area contributed by atoms with Crippen LogP contribution in [0.2, 0.25) is 0 Å². The van der Waals surface area contributed by atoms with E-state index in [1.807, 2.05) is 30.1 Å². The minimum Gasteiger partial charge on any atom is -0.376 e. The lowest BCUT2D eigenvalue weighted by Gasteiger charge is -2.27. The molecule has 0 N–H and O–H groups in total. The van der Waals surface area contributed by atoms with Gasteiger partial charge >= 0.3 is 0 Å². The number of nitrogens with zero attached hydrogens (tertiary/aromatic N) is 3. The van der Waals surface area contributed by atoms with Gasteiger partial charge in [-0.1, -0.05) is 19.1 Å². The first-order valence-electron chi connectivity index (χ1n) is 8.98. The van der Waals surface area contributed by atoms with E-state index in [2.05, 4.69) is 22.5 Å². The highest BCUT2D eigenvalue weighted by Crippen LogP contribution is 2.18. The molecule has 5 nitrogen and oxygen atoms in total. The first kappa shape index (κ1) is 17.0. The van der Waals surface area contributed by atoms with E-state index in [1.54, 1.807) is 0 Å². The number of amides is 1. The van der Waals surface area contributed by atoms with E-state index in [4.69, 9.17) is 4.74 Å². The smallest absolute Gasteiger partial charge is 0.224 e. The number of hydrogen-bond acceptors (Lipinski definition) is 3. The standard InChI is InChI=1S/C19H27N3O2/c1-3-18-20-16-9-4-5-10-17(16)22(18)12-11-19(23)21(2)14-15-8-6-7-13-24-15/h4-5,9-10,15H,3,6-8,11-14H2,1-2H3/t15-/m1/s1. The van der Waals surface area contributed by atoms with Crippen LogP contribution in [0.5, 0.6) is 0 Å². The number of rotatable bonds is 6. The monoisotopic (exact) mass is 329 g/mol. The summed E-state index contributed by atoms with van der Waals surface area (Å²) in [5, 5.41) is 0. The van der Waals surface area contributed by atoms with Gasteiger partial charge in [0.2, 0.25) is 5.91 Å². The number of likely N-dealkylation sites (N-methyl/N-ethyl adjacent to an activating group) is 1. The highest BCUT2D eigenvalue weighted by atomic mass is 16.5. The second kappa shape index (κ2) is 7.79. The first-order chi connectivity index (χ1) is 11.7. The van der Waals surface area contributed by atoms with Gasteiger partial charge in [-0.25, -0.2) is 4.98 Å². The van der Waals surface area contributed by atoms with Crippen molar-refractivity contribution in [3.8, 4) is 0 Å². The highest BCUT2D eigenvalue weighted by Gasteiger charge is 2.19. The van der Waals surface area contributed by atoms with Crippen LogP contribution in [-0.4, -0.2) is 46.7 Å². The molecule has 2 aromatic rings. The molecule has 1 amide bonds. The van der Waals surface area contributed by atoms with E-state index in [0.717, 1.165) is 42.7 Å². The van der Waals surface area contributed by atoms with E-state index in [0.29, 0.717) is 19.5 Å². The summed E-state index contributed by atoms with van der Waals surface area (Å²) in [7, 11) is 1.88. The molecule has 0 unspecified atom stereocenters. The summed E-state index contributed by atoms with van der Waals surface area (Å²) in [6, 6.07) is 8.13. The van der Waals surface area contributed by atoms with Gasteiger partial charge in [0, 0.05) is 39.6 Å². The van der Waals surface area contributed by atoms with E-state index in [9.17, 15) is 4.79 Å². The van der Waals surface area contributed by atoms with Crippen molar-refractivity contribution in [1.82, 2.24) is 14.5 Å². The van der Waals surface area contributed by atoms with E-state index in [1.165, 1.54) is 6.42 Å². The number of ether oxygens (including phenoxy) is 1. The number of aryl methyl sites for hydroxylation is 2. The molecule has 1 atom stereocenters. The summed E-state index contributed by atoms with van der Waals surface area (Å²) in [5.74, 6) is 1.21. The topological polar surface area (TPSA) is 47.4 Å². The van der Waals surface area contributed by atoms with E-state index < -0.39 is 0 Å². The van der Waals surface area contributed by atoms with E-state index in [-0.39, 0.29) is 12.0 Å². The average molecular weight is 329 g/mol. The van der Waals surface area contributed by atoms with E-state index >= 15 is 0 Å². The summed E-state index contributed by atoms with van der Waals surface area (Å²) in [5.41, 5.74) is 2.12. The fraction of sp³-hybridized carbons (Fsp3) is 0.579. The Kier molecular flexibility index (Phi) is 5.51. The number of carbonyl (C=O) groups is 1. The Morgan fingerprint density at radius 3 is 2.96 bits per heavy atom. The summed E-state index contributed by atoms with van der Waals surface area (Å²) in [4.78, 5) is 19.0. The maximum Gasteiger partial charge on any atom is 0.224 e. The molecular formula is C19H27N3O2. The van der Waals surface area contributed by atoms with Crippen molar-refractivity contribution in [3.05, 3.63) is 30.1 Å². The second-order valence-corrected chi connectivity index (χ2v) is 6.53. The van der Waals surface area contributed by atoms with Gasteiger partial charge in [0.05, 0.1) is 17.1 Å².